The largest absolute Gasteiger partial charge is 0.481 e. The maximum Gasteiger partial charge on any atom is 0.303 e. The molecule has 0 fully saturated rings. The fourth-order valence-corrected chi connectivity index (χ4v) is 9.03. The normalized spacial score (nSPS) is 12.1. The van der Waals surface area contributed by atoms with E-state index in [0.717, 1.165) is 32.3 Å². The average Bonchev–Trinajstić information content (AvgIpc) is 2.75. The monoisotopic (exact) mass is 440 g/mol. The van der Waals surface area contributed by atoms with Crippen LogP contribution in [-0.4, -0.2) is 26.0 Å². The maximum absolute atomic E-state index is 10.5. The van der Waals surface area contributed by atoms with Crippen molar-refractivity contribution in [1.82, 2.24) is 0 Å². The second kappa shape index (κ2) is 12.8. The van der Waals surface area contributed by atoms with Crippen LogP contribution in [0, 0.1) is 0 Å². The molecule has 170 valence electrons. The standard InChI is InChI=1S/C27H40O3Si/c1-27(2,3)31(24-18-12-10-13-19-24,25-20-14-11-15-21-25)30-23-17-9-7-5-4-6-8-16-22-26(28)29/h10-15,18-21H,4-9,16-17,22-23H2,1-3H3,(H,28,29). The molecule has 0 spiro atoms. The maximum atomic E-state index is 10.5. The molecular formula is C27H40O3Si. The Labute approximate surface area is 190 Å². The minimum atomic E-state index is -2.40. The third kappa shape index (κ3) is 7.62. The lowest BCUT2D eigenvalue weighted by atomic mass is 10.1. The highest BCUT2D eigenvalue weighted by Crippen LogP contribution is 2.36. The van der Waals surface area contributed by atoms with Gasteiger partial charge in [-0.25, -0.2) is 0 Å². The zero-order valence-electron chi connectivity index (χ0n) is 19.6. The second-order valence-corrected chi connectivity index (χ2v) is 13.8. The summed E-state index contributed by atoms with van der Waals surface area (Å²) in [7, 11) is -2.40. The fraction of sp³-hybridized carbons (Fsp3) is 0.519. The predicted molar refractivity (Wildman–Crippen MR) is 133 cm³/mol. The Kier molecular flexibility index (Phi) is 10.5. The van der Waals surface area contributed by atoms with Gasteiger partial charge in [0.1, 0.15) is 0 Å². The van der Waals surface area contributed by atoms with E-state index < -0.39 is 14.3 Å². The van der Waals surface area contributed by atoms with Crippen molar-refractivity contribution in [1.29, 1.82) is 0 Å². The van der Waals surface area contributed by atoms with Crippen molar-refractivity contribution in [2.24, 2.45) is 0 Å². The molecule has 3 nitrogen and oxygen atoms in total. The van der Waals surface area contributed by atoms with Gasteiger partial charge in [-0.15, -0.1) is 0 Å². The third-order valence-corrected chi connectivity index (χ3v) is 11.1. The molecule has 2 aromatic rings. The molecule has 0 aliphatic rings. The van der Waals surface area contributed by atoms with Crippen molar-refractivity contribution >= 4 is 24.7 Å². The number of hydrogen-bond donors (Lipinski definition) is 1. The molecule has 0 bridgehead atoms. The summed E-state index contributed by atoms with van der Waals surface area (Å²) < 4.78 is 6.93. The Balaban J connectivity index is 1.90. The molecular weight excluding hydrogens is 400 g/mol. The van der Waals surface area contributed by atoms with Gasteiger partial charge in [0, 0.05) is 13.0 Å². The molecule has 0 heterocycles. The van der Waals surface area contributed by atoms with Crippen LogP contribution in [0.4, 0.5) is 0 Å². The minimum absolute atomic E-state index is 0.0334. The van der Waals surface area contributed by atoms with E-state index >= 15 is 0 Å². The van der Waals surface area contributed by atoms with E-state index in [0.29, 0.717) is 6.42 Å². The van der Waals surface area contributed by atoms with Gasteiger partial charge in [-0.2, -0.15) is 0 Å². The summed E-state index contributed by atoms with van der Waals surface area (Å²) in [5.74, 6) is -0.680. The first-order chi connectivity index (χ1) is 14.9. The smallest absolute Gasteiger partial charge is 0.303 e. The van der Waals surface area contributed by atoms with Gasteiger partial charge in [0.05, 0.1) is 0 Å². The molecule has 0 radical (unpaired) electrons. The molecule has 4 heteroatoms. The summed E-state index contributed by atoms with van der Waals surface area (Å²) >= 11 is 0. The number of carbonyl (C=O) groups is 1. The van der Waals surface area contributed by atoms with Gasteiger partial charge >= 0.3 is 5.97 Å². The Morgan fingerprint density at radius 1 is 0.742 bits per heavy atom. The lowest BCUT2D eigenvalue weighted by Crippen LogP contribution is -2.66. The number of rotatable bonds is 14. The van der Waals surface area contributed by atoms with Crippen LogP contribution in [0.1, 0.15) is 78.6 Å². The number of hydrogen-bond acceptors (Lipinski definition) is 2. The van der Waals surface area contributed by atoms with Crippen LogP contribution in [0.5, 0.6) is 0 Å². The first kappa shape index (κ1) is 25.3. The summed E-state index contributed by atoms with van der Waals surface area (Å²) in [4.78, 5) is 10.5. The topological polar surface area (TPSA) is 46.5 Å². The van der Waals surface area contributed by atoms with E-state index in [9.17, 15) is 4.79 Å². The molecule has 1 N–H and O–H groups in total. The van der Waals surface area contributed by atoms with Crippen LogP contribution >= 0.6 is 0 Å². The summed E-state index contributed by atoms with van der Waals surface area (Å²) in [5.41, 5.74) is 0. The Hall–Kier alpha value is -1.91. The number of aliphatic carboxylic acids is 1. The predicted octanol–water partition coefficient (Wildman–Crippen LogP) is 6.16. The lowest BCUT2D eigenvalue weighted by Gasteiger charge is -2.43. The van der Waals surface area contributed by atoms with Crippen LogP contribution in [0.15, 0.2) is 60.7 Å². The molecule has 0 saturated heterocycles. The molecule has 0 saturated carbocycles. The first-order valence-corrected chi connectivity index (χ1v) is 13.8. The Morgan fingerprint density at radius 2 is 1.16 bits per heavy atom. The number of carboxylic acid groups (broad SMARTS) is 1. The van der Waals surface area contributed by atoms with Crippen molar-refractivity contribution < 1.29 is 14.3 Å². The van der Waals surface area contributed by atoms with Gasteiger partial charge in [-0.05, 0) is 28.3 Å². The second-order valence-electron chi connectivity index (χ2n) is 9.48. The highest BCUT2D eigenvalue weighted by atomic mass is 28.4. The summed E-state index contributed by atoms with van der Waals surface area (Å²) in [6.45, 7) is 7.77. The van der Waals surface area contributed by atoms with Gasteiger partial charge in [-0.1, -0.05) is 120 Å². The molecule has 0 aliphatic heterocycles. The fourth-order valence-electron chi connectivity index (χ4n) is 4.43. The molecule has 2 rings (SSSR count). The first-order valence-electron chi connectivity index (χ1n) is 11.8. The van der Waals surface area contributed by atoms with Crippen molar-refractivity contribution in [2.75, 3.05) is 6.61 Å². The van der Waals surface area contributed by atoms with Crippen LogP contribution in [0.3, 0.4) is 0 Å². The SMILES string of the molecule is CC(C)(C)[Si](OCCCCCCCCCCC(=O)O)(c1ccccc1)c1ccccc1. The summed E-state index contributed by atoms with van der Waals surface area (Å²) in [5, 5.41) is 11.4. The van der Waals surface area contributed by atoms with E-state index in [1.54, 1.807) is 0 Å². The Bertz CT molecular complexity index is 714. The van der Waals surface area contributed by atoms with Gasteiger partial charge in [0.15, 0.2) is 0 Å². The Morgan fingerprint density at radius 3 is 1.58 bits per heavy atom. The summed E-state index contributed by atoms with van der Waals surface area (Å²) in [6.07, 6.45) is 9.22. The van der Waals surface area contributed by atoms with E-state index in [-0.39, 0.29) is 5.04 Å². The zero-order chi connectivity index (χ0) is 22.6. The van der Waals surface area contributed by atoms with Crippen LogP contribution in [0.25, 0.3) is 0 Å². The lowest BCUT2D eigenvalue weighted by molar-refractivity contribution is -0.137. The van der Waals surface area contributed by atoms with Crippen molar-refractivity contribution in [2.45, 2.75) is 83.6 Å². The number of benzene rings is 2. The zero-order valence-corrected chi connectivity index (χ0v) is 20.6. The number of unbranched alkanes of at least 4 members (excludes halogenated alkanes) is 7. The quantitative estimate of drug-likeness (QED) is 0.283. The average molecular weight is 441 g/mol. The highest BCUT2D eigenvalue weighted by Gasteiger charge is 2.49. The van der Waals surface area contributed by atoms with Crippen molar-refractivity contribution in [3.63, 3.8) is 0 Å². The van der Waals surface area contributed by atoms with Crippen LogP contribution < -0.4 is 10.4 Å². The van der Waals surface area contributed by atoms with Crippen molar-refractivity contribution in [3.05, 3.63) is 60.7 Å². The van der Waals surface area contributed by atoms with Gasteiger partial charge in [-0.3, -0.25) is 4.79 Å². The third-order valence-electron chi connectivity index (χ3n) is 6.02. The van der Waals surface area contributed by atoms with E-state index in [1.807, 2.05) is 0 Å². The number of carboxylic acids is 1. The molecule has 0 aromatic heterocycles. The minimum Gasteiger partial charge on any atom is -0.481 e. The van der Waals surface area contributed by atoms with Crippen LogP contribution in [0.2, 0.25) is 5.04 Å². The highest BCUT2D eigenvalue weighted by molar-refractivity contribution is 6.99. The van der Waals surface area contributed by atoms with Gasteiger partial charge in [0.25, 0.3) is 8.32 Å². The molecule has 31 heavy (non-hydrogen) atoms. The van der Waals surface area contributed by atoms with E-state index in [4.69, 9.17) is 9.53 Å². The molecule has 2 aromatic carbocycles. The summed E-state index contributed by atoms with van der Waals surface area (Å²) in [6, 6.07) is 21.7. The van der Waals surface area contributed by atoms with Crippen LogP contribution in [-0.2, 0) is 9.22 Å². The molecule has 0 amide bonds. The molecule has 0 aliphatic carbocycles. The van der Waals surface area contributed by atoms with E-state index in [1.165, 1.54) is 36.1 Å². The molecule has 0 atom stereocenters. The van der Waals surface area contributed by atoms with Crippen molar-refractivity contribution in [3.8, 4) is 0 Å². The van der Waals surface area contributed by atoms with E-state index in [2.05, 4.69) is 81.4 Å². The van der Waals surface area contributed by atoms with Gasteiger partial charge < -0.3 is 9.53 Å². The molecule has 0 unspecified atom stereocenters. The van der Waals surface area contributed by atoms with Gasteiger partial charge in [0.2, 0.25) is 0 Å².